The number of esters is 1. The third-order valence-electron chi connectivity index (χ3n) is 8.60. The van der Waals surface area contributed by atoms with Crippen molar-refractivity contribution in [2.24, 2.45) is 0 Å². The molecule has 0 saturated carbocycles. The van der Waals surface area contributed by atoms with E-state index in [0.29, 0.717) is 24.7 Å². The molecule has 264 valence electrons. The van der Waals surface area contributed by atoms with Crippen molar-refractivity contribution in [1.29, 1.82) is 0 Å². The summed E-state index contributed by atoms with van der Waals surface area (Å²) in [6.45, 7) is 1.39. The van der Waals surface area contributed by atoms with Gasteiger partial charge in [-0.3, -0.25) is 4.79 Å². The minimum Gasteiger partial charge on any atom is -0.433 e. The van der Waals surface area contributed by atoms with Crippen LogP contribution in [0.1, 0.15) is 34.2 Å². The van der Waals surface area contributed by atoms with Crippen molar-refractivity contribution in [1.82, 2.24) is 0 Å². The minimum absolute atomic E-state index is 0.129. The summed E-state index contributed by atoms with van der Waals surface area (Å²) < 4.78 is 39.0. The molecule has 5 atom stereocenters. The molecule has 1 heterocycles. The third-order valence-corrected chi connectivity index (χ3v) is 8.83. The van der Waals surface area contributed by atoms with Gasteiger partial charge in [-0.05, 0) is 46.4 Å². The second-order valence-electron chi connectivity index (χ2n) is 12.4. The highest BCUT2D eigenvalue weighted by atomic mass is 35.5. The van der Waals surface area contributed by atoms with Crippen molar-refractivity contribution in [2.45, 2.75) is 70.0 Å². The van der Waals surface area contributed by atoms with Gasteiger partial charge in [0, 0.05) is 11.4 Å². The lowest BCUT2D eigenvalue weighted by molar-refractivity contribution is -0.320. The molecule has 5 aromatic rings. The number of aryl methyl sites for hydroxylation is 1. The van der Waals surface area contributed by atoms with Crippen molar-refractivity contribution < 1.29 is 33.2 Å². The first-order valence-electron chi connectivity index (χ1n) is 17.3. The van der Waals surface area contributed by atoms with E-state index in [2.05, 4.69) is 0 Å². The summed E-state index contributed by atoms with van der Waals surface area (Å²) >= 11 is 6.20. The van der Waals surface area contributed by atoms with Crippen LogP contribution in [0.2, 0.25) is 5.02 Å². The molecule has 51 heavy (non-hydrogen) atoms. The van der Waals surface area contributed by atoms with Gasteiger partial charge in [0.25, 0.3) is 0 Å². The predicted octanol–water partition coefficient (Wildman–Crippen LogP) is 8.51. The summed E-state index contributed by atoms with van der Waals surface area (Å²) in [6, 6.07) is 47.1. The van der Waals surface area contributed by atoms with E-state index in [-0.39, 0.29) is 26.2 Å². The maximum Gasteiger partial charge on any atom is 0.308 e. The van der Waals surface area contributed by atoms with Crippen LogP contribution in [0.4, 0.5) is 0 Å². The molecule has 1 aliphatic rings. The lowest BCUT2D eigenvalue weighted by Gasteiger charge is -2.45. The number of rotatable bonds is 17. The van der Waals surface area contributed by atoms with Crippen LogP contribution >= 0.6 is 11.6 Å². The predicted molar refractivity (Wildman–Crippen MR) is 196 cm³/mol. The number of hydrogen-bond acceptors (Lipinski definition) is 7. The zero-order valence-corrected chi connectivity index (χ0v) is 29.2. The van der Waals surface area contributed by atoms with Crippen molar-refractivity contribution >= 4 is 17.6 Å². The molecule has 0 amide bonds. The van der Waals surface area contributed by atoms with E-state index in [0.717, 1.165) is 27.8 Å². The minimum atomic E-state index is -1.09. The molecule has 0 bridgehead atoms. The van der Waals surface area contributed by atoms with Crippen LogP contribution < -0.4 is 0 Å². The smallest absolute Gasteiger partial charge is 0.308 e. The maximum absolute atomic E-state index is 13.5. The fourth-order valence-corrected chi connectivity index (χ4v) is 6.18. The number of carbonyl (C=O) groups is 1. The van der Waals surface area contributed by atoms with Crippen LogP contribution in [0.3, 0.4) is 0 Å². The van der Waals surface area contributed by atoms with Gasteiger partial charge in [-0.15, -0.1) is 0 Å². The molecule has 0 aromatic heterocycles. The Balaban J connectivity index is 1.28. The topological polar surface area (TPSA) is 72.5 Å². The van der Waals surface area contributed by atoms with Crippen molar-refractivity contribution in [2.75, 3.05) is 6.61 Å². The monoisotopic (exact) mass is 706 g/mol. The van der Waals surface area contributed by atoms with Crippen molar-refractivity contribution in [3.05, 3.63) is 178 Å². The van der Waals surface area contributed by atoms with Gasteiger partial charge in [0.1, 0.15) is 24.4 Å². The fourth-order valence-electron chi connectivity index (χ4n) is 5.97. The van der Waals surface area contributed by atoms with E-state index >= 15 is 0 Å². The average Bonchev–Trinajstić information content (AvgIpc) is 3.17. The fraction of sp³-hybridized carbons (Fsp3) is 0.279. The molecular weight excluding hydrogens is 664 g/mol. The molecular formula is C43H43ClO7. The SMILES string of the molecule is O=C(CCc1cccc(Cl)c1)O[C@@H]1O[C@H](COCc2ccccc2)[C@@H](OCc2ccccc2)[C@H](OCc2ccccc2)[C@H]1OCc1ccccc1. The van der Waals surface area contributed by atoms with Gasteiger partial charge in [-0.1, -0.05) is 145 Å². The van der Waals surface area contributed by atoms with E-state index in [1.807, 2.05) is 140 Å². The Morgan fingerprint density at radius 3 is 1.55 bits per heavy atom. The highest BCUT2D eigenvalue weighted by Gasteiger charge is 2.50. The molecule has 0 spiro atoms. The third kappa shape index (κ3) is 11.3. The molecule has 1 fully saturated rings. The number of benzene rings is 5. The Morgan fingerprint density at radius 1 is 0.549 bits per heavy atom. The number of halogens is 1. The summed E-state index contributed by atoms with van der Waals surface area (Å²) in [7, 11) is 0. The highest BCUT2D eigenvalue weighted by Crippen LogP contribution is 2.32. The van der Waals surface area contributed by atoms with Gasteiger partial charge in [0.15, 0.2) is 0 Å². The zero-order valence-electron chi connectivity index (χ0n) is 28.4. The summed E-state index contributed by atoms with van der Waals surface area (Å²) in [4.78, 5) is 13.5. The van der Waals surface area contributed by atoms with Gasteiger partial charge < -0.3 is 28.4 Å². The molecule has 0 N–H and O–H groups in total. The normalized spacial score (nSPS) is 20.1. The lowest BCUT2D eigenvalue weighted by atomic mass is 9.97. The van der Waals surface area contributed by atoms with Gasteiger partial charge >= 0.3 is 5.97 Å². The first kappa shape index (κ1) is 36.5. The van der Waals surface area contributed by atoms with Crippen molar-refractivity contribution in [3.8, 4) is 0 Å². The number of carbonyl (C=O) groups excluding carboxylic acids is 1. The van der Waals surface area contributed by atoms with E-state index in [9.17, 15) is 4.79 Å². The molecule has 0 radical (unpaired) electrons. The van der Waals surface area contributed by atoms with Crippen molar-refractivity contribution in [3.63, 3.8) is 0 Å². The first-order chi connectivity index (χ1) is 25.1. The van der Waals surface area contributed by atoms with Gasteiger partial charge in [-0.2, -0.15) is 0 Å². The van der Waals surface area contributed by atoms with Gasteiger partial charge in [0.2, 0.25) is 6.29 Å². The Morgan fingerprint density at radius 2 is 1.02 bits per heavy atom. The average molecular weight is 707 g/mol. The summed E-state index contributed by atoms with van der Waals surface area (Å²) in [5, 5.41) is 0.615. The number of ether oxygens (including phenoxy) is 6. The molecule has 7 nitrogen and oxygen atoms in total. The van der Waals surface area contributed by atoms with Gasteiger partial charge in [0.05, 0.1) is 33.0 Å². The van der Waals surface area contributed by atoms with E-state index in [1.165, 1.54) is 0 Å². The molecule has 0 unspecified atom stereocenters. The second-order valence-corrected chi connectivity index (χ2v) is 12.9. The van der Waals surface area contributed by atoms with Crippen LogP contribution in [0, 0.1) is 0 Å². The molecule has 8 heteroatoms. The zero-order chi connectivity index (χ0) is 35.1. The number of hydrogen-bond donors (Lipinski definition) is 0. The van der Waals surface area contributed by atoms with Crippen LogP contribution in [0.5, 0.6) is 0 Å². The highest BCUT2D eigenvalue weighted by molar-refractivity contribution is 6.30. The Bertz CT molecular complexity index is 1740. The largest absolute Gasteiger partial charge is 0.433 e. The van der Waals surface area contributed by atoms with E-state index in [4.69, 9.17) is 40.0 Å². The standard InChI is InChI=1S/C43H43ClO7/c44-37-23-13-22-32(26-37)24-25-39(45)51-43-42(49-30-36-20-11-4-12-21-36)41(48-29-35-18-9-3-10-19-35)40(47-28-34-16-7-2-8-17-34)38(50-43)31-46-27-33-14-5-1-6-15-33/h1-23,26,38,40-43H,24-25,27-31H2/t38-,40-,41+,42-,43+/m1/s1. The molecule has 6 rings (SSSR count). The van der Waals surface area contributed by atoms with E-state index in [1.54, 1.807) is 6.07 Å². The van der Waals surface area contributed by atoms with Crippen LogP contribution in [0.15, 0.2) is 146 Å². The molecule has 5 aromatic carbocycles. The first-order valence-corrected chi connectivity index (χ1v) is 17.7. The molecule has 1 aliphatic heterocycles. The van der Waals surface area contributed by atoms with Crippen LogP contribution in [0.25, 0.3) is 0 Å². The summed E-state index contributed by atoms with van der Waals surface area (Å²) in [6.07, 6.45) is -3.31. The Kier molecular flexibility index (Phi) is 13.8. The Labute approximate surface area is 305 Å². The maximum atomic E-state index is 13.5. The molecule has 0 aliphatic carbocycles. The summed E-state index contributed by atoms with van der Waals surface area (Å²) in [5.41, 5.74) is 4.91. The van der Waals surface area contributed by atoms with Crippen LogP contribution in [-0.2, 0) is 66.1 Å². The van der Waals surface area contributed by atoms with Gasteiger partial charge in [-0.25, -0.2) is 0 Å². The second kappa shape index (κ2) is 19.3. The summed E-state index contributed by atoms with van der Waals surface area (Å²) in [5.74, 6) is -0.428. The van der Waals surface area contributed by atoms with E-state index < -0.39 is 36.7 Å². The quantitative estimate of drug-likeness (QED) is 0.0898. The van der Waals surface area contributed by atoms with Crippen LogP contribution in [-0.4, -0.2) is 43.3 Å². The molecule has 1 saturated heterocycles. The lowest BCUT2D eigenvalue weighted by Crippen LogP contribution is -2.62. The Hall–Kier alpha value is -4.34.